The lowest BCUT2D eigenvalue weighted by Crippen LogP contribution is -2.35. The SMILES string of the molecule is Cc1cc(F)ccc1Nc1nc(C)c(C)c(N2CCc3ccc(F)cc3C2C)n1.Cl. The minimum Gasteiger partial charge on any atom is -0.349 e. The molecule has 0 radical (unpaired) electrons. The highest BCUT2D eigenvalue weighted by atomic mass is 35.5. The van der Waals surface area contributed by atoms with Gasteiger partial charge in [-0.05, 0) is 81.1 Å². The smallest absolute Gasteiger partial charge is 0.229 e. The van der Waals surface area contributed by atoms with Crippen LogP contribution in [0, 0.1) is 32.4 Å². The molecular weight excluding hydrogens is 406 g/mol. The second-order valence-electron chi connectivity index (χ2n) is 7.63. The van der Waals surface area contributed by atoms with Crippen LogP contribution in [0.5, 0.6) is 0 Å². The van der Waals surface area contributed by atoms with Gasteiger partial charge in [0.25, 0.3) is 0 Å². The molecule has 1 aromatic heterocycles. The van der Waals surface area contributed by atoms with Crippen molar-refractivity contribution in [2.75, 3.05) is 16.8 Å². The summed E-state index contributed by atoms with van der Waals surface area (Å²) in [6, 6.07) is 9.60. The van der Waals surface area contributed by atoms with Gasteiger partial charge in [0, 0.05) is 23.5 Å². The van der Waals surface area contributed by atoms with Gasteiger partial charge < -0.3 is 10.2 Å². The van der Waals surface area contributed by atoms with Crippen molar-refractivity contribution < 1.29 is 8.78 Å². The van der Waals surface area contributed by atoms with Crippen LogP contribution in [0.4, 0.5) is 26.2 Å². The lowest BCUT2D eigenvalue weighted by atomic mass is 9.93. The molecule has 0 aliphatic carbocycles. The van der Waals surface area contributed by atoms with Gasteiger partial charge in [-0.1, -0.05) is 6.07 Å². The number of aromatic nitrogens is 2. The van der Waals surface area contributed by atoms with E-state index >= 15 is 0 Å². The largest absolute Gasteiger partial charge is 0.349 e. The summed E-state index contributed by atoms with van der Waals surface area (Å²) in [5, 5.41) is 3.21. The van der Waals surface area contributed by atoms with Crippen LogP contribution in [0.25, 0.3) is 0 Å². The fraction of sp³-hybridized carbons (Fsp3) is 0.304. The highest BCUT2D eigenvalue weighted by molar-refractivity contribution is 5.85. The number of nitrogens with one attached hydrogen (secondary N) is 1. The molecule has 1 N–H and O–H groups in total. The number of benzene rings is 2. The predicted octanol–water partition coefficient (Wildman–Crippen LogP) is 5.97. The Balaban J connectivity index is 0.00000256. The number of halogens is 3. The van der Waals surface area contributed by atoms with Gasteiger partial charge in [-0.25, -0.2) is 13.8 Å². The Kier molecular flexibility index (Phi) is 6.27. The molecule has 2 aromatic carbocycles. The number of rotatable bonds is 3. The Labute approximate surface area is 181 Å². The van der Waals surface area contributed by atoms with Gasteiger partial charge in [-0.2, -0.15) is 4.98 Å². The van der Waals surface area contributed by atoms with E-state index < -0.39 is 0 Å². The van der Waals surface area contributed by atoms with Crippen LogP contribution in [-0.2, 0) is 6.42 Å². The van der Waals surface area contributed by atoms with Crippen LogP contribution in [0.2, 0.25) is 0 Å². The first-order valence-corrected chi connectivity index (χ1v) is 9.77. The molecule has 4 rings (SSSR count). The highest BCUT2D eigenvalue weighted by Gasteiger charge is 2.27. The van der Waals surface area contributed by atoms with Crippen molar-refractivity contribution in [3.8, 4) is 0 Å². The molecule has 7 heteroatoms. The fourth-order valence-electron chi connectivity index (χ4n) is 3.91. The average Bonchev–Trinajstić information content (AvgIpc) is 2.68. The van der Waals surface area contributed by atoms with Gasteiger partial charge >= 0.3 is 0 Å². The normalized spacial score (nSPS) is 15.4. The summed E-state index contributed by atoms with van der Waals surface area (Å²) in [7, 11) is 0. The molecule has 158 valence electrons. The van der Waals surface area contributed by atoms with E-state index in [1.54, 1.807) is 12.1 Å². The number of fused-ring (bicyclic) bond motifs is 1. The Bertz CT molecular complexity index is 1090. The molecule has 0 saturated heterocycles. The first-order chi connectivity index (χ1) is 13.8. The van der Waals surface area contributed by atoms with E-state index in [0.29, 0.717) is 5.95 Å². The minimum absolute atomic E-state index is 0. The molecule has 1 unspecified atom stereocenters. The molecule has 1 aliphatic rings. The van der Waals surface area contributed by atoms with Gasteiger partial charge in [0.15, 0.2) is 0 Å². The second-order valence-corrected chi connectivity index (χ2v) is 7.63. The molecule has 0 spiro atoms. The van der Waals surface area contributed by atoms with Crippen molar-refractivity contribution in [1.29, 1.82) is 0 Å². The maximum atomic E-state index is 13.8. The Morgan fingerprint density at radius 2 is 1.70 bits per heavy atom. The van der Waals surface area contributed by atoms with Crippen molar-refractivity contribution in [2.24, 2.45) is 0 Å². The molecular formula is C23H25ClF2N4. The van der Waals surface area contributed by atoms with Crippen LogP contribution < -0.4 is 10.2 Å². The summed E-state index contributed by atoms with van der Waals surface area (Å²) in [5.41, 5.74) is 5.59. The van der Waals surface area contributed by atoms with Crippen LogP contribution in [0.1, 0.15) is 40.9 Å². The van der Waals surface area contributed by atoms with E-state index in [9.17, 15) is 8.78 Å². The lowest BCUT2D eigenvalue weighted by Gasteiger charge is -2.37. The lowest BCUT2D eigenvalue weighted by molar-refractivity contribution is 0.589. The zero-order valence-electron chi connectivity index (χ0n) is 17.5. The molecule has 0 saturated carbocycles. The van der Waals surface area contributed by atoms with Crippen molar-refractivity contribution in [1.82, 2.24) is 9.97 Å². The third kappa shape index (κ3) is 4.10. The molecule has 0 fully saturated rings. The maximum absolute atomic E-state index is 13.8. The first-order valence-electron chi connectivity index (χ1n) is 9.77. The molecule has 0 amide bonds. The Morgan fingerprint density at radius 3 is 2.43 bits per heavy atom. The van der Waals surface area contributed by atoms with E-state index in [1.807, 2.05) is 26.8 Å². The predicted molar refractivity (Wildman–Crippen MR) is 119 cm³/mol. The number of hydrogen-bond donors (Lipinski definition) is 1. The molecule has 4 nitrogen and oxygen atoms in total. The Morgan fingerprint density at radius 1 is 1.00 bits per heavy atom. The van der Waals surface area contributed by atoms with Gasteiger partial charge in [-0.15, -0.1) is 12.4 Å². The van der Waals surface area contributed by atoms with Crippen LogP contribution in [0.15, 0.2) is 36.4 Å². The topological polar surface area (TPSA) is 41.1 Å². The average molecular weight is 431 g/mol. The van der Waals surface area contributed by atoms with Gasteiger partial charge in [0.2, 0.25) is 5.95 Å². The maximum Gasteiger partial charge on any atom is 0.229 e. The number of hydrogen-bond acceptors (Lipinski definition) is 4. The van der Waals surface area contributed by atoms with E-state index in [4.69, 9.17) is 4.98 Å². The first kappa shape index (κ1) is 22.0. The van der Waals surface area contributed by atoms with E-state index in [2.05, 4.69) is 22.1 Å². The van der Waals surface area contributed by atoms with E-state index in [1.165, 1.54) is 23.8 Å². The Hall–Kier alpha value is -2.73. The molecule has 2 heterocycles. The van der Waals surface area contributed by atoms with Gasteiger partial charge in [0.1, 0.15) is 17.5 Å². The zero-order valence-corrected chi connectivity index (χ0v) is 18.3. The van der Waals surface area contributed by atoms with Crippen molar-refractivity contribution in [3.05, 3.63) is 76.0 Å². The van der Waals surface area contributed by atoms with E-state index in [-0.39, 0.29) is 30.1 Å². The monoisotopic (exact) mass is 430 g/mol. The van der Waals surface area contributed by atoms with Crippen molar-refractivity contribution >= 4 is 29.9 Å². The summed E-state index contributed by atoms with van der Waals surface area (Å²) < 4.78 is 27.2. The summed E-state index contributed by atoms with van der Waals surface area (Å²) in [5.74, 6) is 0.808. The molecule has 0 bridgehead atoms. The van der Waals surface area contributed by atoms with Crippen LogP contribution >= 0.6 is 12.4 Å². The number of aryl methyl sites for hydroxylation is 2. The second kappa shape index (κ2) is 8.56. The molecule has 3 aromatic rings. The summed E-state index contributed by atoms with van der Waals surface area (Å²) in [4.78, 5) is 11.5. The van der Waals surface area contributed by atoms with Crippen LogP contribution in [-0.4, -0.2) is 16.5 Å². The van der Waals surface area contributed by atoms with Crippen LogP contribution in [0.3, 0.4) is 0 Å². The van der Waals surface area contributed by atoms with Gasteiger partial charge in [-0.3, -0.25) is 0 Å². The van der Waals surface area contributed by atoms with Crippen molar-refractivity contribution in [3.63, 3.8) is 0 Å². The fourth-order valence-corrected chi connectivity index (χ4v) is 3.91. The summed E-state index contributed by atoms with van der Waals surface area (Å²) in [6.45, 7) is 8.67. The molecule has 1 atom stereocenters. The minimum atomic E-state index is -0.275. The standard InChI is InChI=1S/C23H24F2N4.ClH/c1-13-11-18(24)7-8-21(13)27-23-26-15(3)14(2)22(28-23)29-10-9-17-5-6-19(25)12-20(17)16(29)4;/h5-8,11-12,16H,9-10H2,1-4H3,(H,26,27,28);1H. The van der Waals surface area contributed by atoms with Crippen molar-refractivity contribution in [2.45, 2.75) is 40.2 Å². The zero-order chi connectivity index (χ0) is 20.7. The molecule has 30 heavy (non-hydrogen) atoms. The van der Waals surface area contributed by atoms with E-state index in [0.717, 1.165) is 46.9 Å². The summed E-state index contributed by atoms with van der Waals surface area (Å²) in [6.07, 6.45) is 0.836. The third-order valence-electron chi connectivity index (χ3n) is 5.72. The highest BCUT2D eigenvalue weighted by Crippen LogP contribution is 2.35. The number of anilines is 3. The number of nitrogens with zero attached hydrogens (tertiary/aromatic N) is 3. The molecule has 1 aliphatic heterocycles. The summed E-state index contributed by atoms with van der Waals surface area (Å²) >= 11 is 0. The third-order valence-corrected chi connectivity index (χ3v) is 5.72. The van der Waals surface area contributed by atoms with Gasteiger partial charge in [0.05, 0.1) is 6.04 Å². The quantitative estimate of drug-likeness (QED) is 0.555.